The molecule has 1 saturated heterocycles. The summed E-state index contributed by atoms with van der Waals surface area (Å²) in [5.74, 6) is -0.406. The lowest BCUT2D eigenvalue weighted by Crippen LogP contribution is -2.39. The molecule has 0 spiro atoms. The summed E-state index contributed by atoms with van der Waals surface area (Å²) < 4.78 is 10.9. The van der Waals surface area contributed by atoms with Crippen LogP contribution < -0.4 is 10.9 Å². The standard InChI is InChI=1S/C14H19N3O5/c1-10(22-9-11-5-4-8-21-11)14(18)16-15-12-6-2-3-7-13(12)17(19)20/h2-3,6-7,10-11,15H,4-5,8-9H2,1H3,(H,16,18). The number of rotatable bonds is 7. The second-order valence-electron chi connectivity index (χ2n) is 5.00. The molecule has 1 aromatic carbocycles. The average molecular weight is 309 g/mol. The highest BCUT2D eigenvalue weighted by Crippen LogP contribution is 2.22. The van der Waals surface area contributed by atoms with E-state index >= 15 is 0 Å². The molecule has 2 rings (SSSR count). The van der Waals surface area contributed by atoms with Crippen LogP contribution in [0.15, 0.2) is 24.3 Å². The first-order chi connectivity index (χ1) is 10.6. The molecule has 0 aliphatic carbocycles. The van der Waals surface area contributed by atoms with Gasteiger partial charge in [-0.05, 0) is 25.8 Å². The number of nitro groups is 1. The number of carbonyl (C=O) groups is 1. The maximum atomic E-state index is 11.9. The molecular formula is C14H19N3O5. The predicted molar refractivity (Wildman–Crippen MR) is 79.2 cm³/mol. The van der Waals surface area contributed by atoms with Crippen molar-refractivity contribution >= 4 is 17.3 Å². The van der Waals surface area contributed by atoms with Crippen LogP contribution in [-0.4, -0.2) is 36.3 Å². The quantitative estimate of drug-likeness (QED) is 0.586. The van der Waals surface area contributed by atoms with Crippen molar-refractivity contribution < 1.29 is 19.2 Å². The molecule has 2 N–H and O–H groups in total. The van der Waals surface area contributed by atoms with Crippen LogP contribution in [0.2, 0.25) is 0 Å². The second-order valence-corrected chi connectivity index (χ2v) is 5.00. The van der Waals surface area contributed by atoms with Gasteiger partial charge < -0.3 is 9.47 Å². The highest BCUT2D eigenvalue weighted by atomic mass is 16.6. The molecule has 8 nitrogen and oxygen atoms in total. The van der Waals surface area contributed by atoms with E-state index < -0.39 is 16.9 Å². The van der Waals surface area contributed by atoms with Crippen molar-refractivity contribution in [1.29, 1.82) is 0 Å². The van der Waals surface area contributed by atoms with E-state index in [0.29, 0.717) is 6.61 Å². The summed E-state index contributed by atoms with van der Waals surface area (Å²) in [5.41, 5.74) is 5.06. The Kier molecular flexibility index (Phi) is 5.68. The van der Waals surface area contributed by atoms with Crippen LogP contribution in [0.3, 0.4) is 0 Å². The molecule has 1 fully saturated rings. The molecule has 1 aromatic rings. The monoisotopic (exact) mass is 309 g/mol. The largest absolute Gasteiger partial charge is 0.376 e. The van der Waals surface area contributed by atoms with E-state index in [0.717, 1.165) is 19.4 Å². The van der Waals surface area contributed by atoms with Gasteiger partial charge in [-0.2, -0.15) is 0 Å². The molecule has 1 aliphatic heterocycles. The fraction of sp³-hybridized carbons (Fsp3) is 0.500. The first kappa shape index (κ1) is 16.2. The number of hydrogen-bond acceptors (Lipinski definition) is 6. The number of amides is 1. The van der Waals surface area contributed by atoms with Gasteiger partial charge in [-0.25, -0.2) is 0 Å². The van der Waals surface area contributed by atoms with E-state index in [-0.39, 0.29) is 17.5 Å². The Hall–Kier alpha value is -2.19. The maximum Gasteiger partial charge on any atom is 0.294 e. The summed E-state index contributed by atoms with van der Waals surface area (Å²) in [6.07, 6.45) is 1.30. The number of nitrogens with one attached hydrogen (secondary N) is 2. The number of anilines is 1. The number of hydrazine groups is 1. The molecule has 1 amide bonds. The van der Waals surface area contributed by atoms with Crippen LogP contribution in [0, 0.1) is 10.1 Å². The molecule has 8 heteroatoms. The molecule has 0 aromatic heterocycles. The Labute approximate surface area is 127 Å². The van der Waals surface area contributed by atoms with E-state index in [9.17, 15) is 14.9 Å². The van der Waals surface area contributed by atoms with Gasteiger partial charge in [0.25, 0.3) is 11.6 Å². The topological polar surface area (TPSA) is 103 Å². The molecule has 1 heterocycles. The van der Waals surface area contributed by atoms with Gasteiger partial charge in [-0.15, -0.1) is 0 Å². The van der Waals surface area contributed by atoms with Crippen molar-refractivity contribution in [3.05, 3.63) is 34.4 Å². The third-order valence-corrected chi connectivity index (χ3v) is 3.35. The van der Waals surface area contributed by atoms with Crippen molar-refractivity contribution in [3.63, 3.8) is 0 Å². The number of nitro benzene ring substituents is 1. The number of hydrogen-bond donors (Lipinski definition) is 2. The predicted octanol–water partition coefficient (Wildman–Crippen LogP) is 1.62. The summed E-state index contributed by atoms with van der Waals surface area (Å²) in [5, 5.41) is 10.9. The Balaban J connectivity index is 1.80. The molecule has 22 heavy (non-hydrogen) atoms. The van der Waals surface area contributed by atoms with E-state index in [4.69, 9.17) is 9.47 Å². The van der Waals surface area contributed by atoms with Crippen LogP contribution in [0.4, 0.5) is 11.4 Å². The summed E-state index contributed by atoms with van der Waals surface area (Å²) in [6.45, 7) is 2.71. The lowest BCUT2D eigenvalue weighted by Gasteiger charge is -2.16. The van der Waals surface area contributed by atoms with Crippen molar-refractivity contribution in [2.75, 3.05) is 18.6 Å². The zero-order valence-corrected chi connectivity index (χ0v) is 12.3. The third-order valence-electron chi connectivity index (χ3n) is 3.35. The SMILES string of the molecule is CC(OCC1CCCO1)C(=O)NNc1ccccc1[N+](=O)[O-]. The highest BCUT2D eigenvalue weighted by molar-refractivity contribution is 5.82. The normalized spacial score (nSPS) is 18.7. The summed E-state index contributed by atoms with van der Waals surface area (Å²) >= 11 is 0. The summed E-state index contributed by atoms with van der Waals surface area (Å²) in [7, 11) is 0. The fourth-order valence-corrected chi connectivity index (χ4v) is 2.07. The van der Waals surface area contributed by atoms with Crippen LogP contribution in [0.1, 0.15) is 19.8 Å². The Bertz CT molecular complexity index is 531. The lowest BCUT2D eigenvalue weighted by atomic mass is 10.2. The number of carbonyl (C=O) groups excluding carboxylic acids is 1. The van der Waals surface area contributed by atoms with Gasteiger partial charge in [0.15, 0.2) is 0 Å². The van der Waals surface area contributed by atoms with Gasteiger partial charge in [0, 0.05) is 12.7 Å². The molecule has 2 atom stereocenters. The molecule has 120 valence electrons. The second kappa shape index (κ2) is 7.71. The van der Waals surface area contributed by atoms with Crippen LogP contribution in [0.5, 0.6) is 0 Å². The van der Waals surface area contributed by atoms with Gasteiger partial charge in [0.05, 0.1) is 17.6 Å². The van der Waals surface area contributed by atoms with Crippen molar-refractivity contribution in [2.24, 2.45) is 0 Å². The minimum Gasteiger partial charge on any atom is -0.376 e. The molecule has 0 radical (unpaired) electrons. The van der Waals surface area contributed by atoms with Crippen LogP contribution in [0.25, 0.3) is 0 Å². The first-order valence-corrected chi connectivity index (χ1v) is 7.10. The van der Waals surface area contributed by atoms with Gasteiger partial charge >= 0.3 is 0 Å². The van der Waals surface area contributed by atoms with E-state index in [1.807, 2.05) is 0 Å². The van der Waals surface area contributed by atoms with Gasteiger partial charge in [0.2, 0.25) is 0 Å². The summed E-state index contributed by atoms with van der Waals surface area (Å²) in [4.78, 5) is 22.2. The van der Waals surface area contributed by atoms with Crippen LogP contribution >= 0.6 is 0 Å². The zero-order valence-electron chi connectivity index (χ0n) is 12.3. The fourth-order valence-electron chi connectivity index (χ4n) is 2.07. The molecule has 0 saturated carbocycles. The van der Waals surface area contributed by atoms with Gasteiger partial charge in [-0.3, -0.25) is 25.8 Å². The van der Waals surface area contributed by atoms with Gasteiger partial charge in [-0.1, -0.05) is 12.1 Å². The van der Waals surface area contributed by atoms with Crippen LogP contribution in [-0.2, 0) is 14.3 Å². The lowest BCUT2D eigenvalue weighted by molar-refractivity contribution is -0.384. The van der Waals surface area contributed by atoms with E-state index in [1.54, 1.807) is 19.1 Å². The highest BCUT2D eigenvalue weighted by Gasteiger charge is 2.20. The molecule has 1 aliphatic rings. The number of ether oxygens (including phenoxy) is 2. The minimum atomic E-state index is -0.681. The van der Waals surface area contributed by atoms with Crippen molar-refractivity contribution in [3.8, 4) is 0 Å². The molecule has 2 unspecified atom stereocenters. The Morgan fingerprint density at radius 3 is 3.00 bits per heavy atom. The van der Waals surface area contributed by atoms with E-state index in [1.165, 1.54) is 12.1 Å². The minimum absolute atomic E-state index is 0.0402. The zero-order chi connectivity index (χ0) is 15.9. The van der Waals surface area contributed by atoms with Crippen molar-refractivity contribution in [2.45, 2.75) is 32.0 Å². The number of nitrogens with zero attached hydrogens (tertiary/aromatic N) is 1. The summed E-state index contributed by atoms with van der Waals surface area (Å²) in [6, 6.07) is 6.06. The maximum absolute atomic E-state index is 11.9. The molecule has 0 bridgehead atoms. The van der Waals surface area contributed by atoms with Gasteiger partial charge in [0.1, 0.15) is 11.8 Å². The number of para-hydroxylation sites is 2. The number of benzene rings is 1. The Morgan fingerprint density at radius 1 is 1.55 bits per heavy atom. The average Bonchev–Trinajstić information content (AvgIpc) is 3.03. The third kappa shape index (κ3) is 4.40. The molecular weight excluding hydrogens is 290 g/mol. The first-order valence-electron chi connectivity index (χ1n) is 7.10. The van der Waals surface area contributed by atoms with Crippen molar-refractivity contribution in [1.82, 2.24) is 5.43 Å². The Morgan fingerprint density at radius 2 is 2.32 bits per heavy atom. The smallest absolute Gasteiger partial charge is 0.294 e. The van der Waals surface area contributed by atoms with E-state index in [2.05, 4.69) is 10.9 Å².